The second kappa shape index (κ2) is 8.78. The molecule has 2 fully saturated rings. The van der Waals surface area contributed by atoms with E-state index in [0.717, 1.165) is 44.3 Å². The van der Waals surface area contributed by atoms with Gasteiger partial charge in [0, 0.05) is 18.0 Å². The van der Waals surface area contributed by atoms with Gasteiger partial charge in [0.05, 0.1) is 16.5 Å². The van der Waals surface area contributed by atoms with Crippen LogP contribution >= 0.6 is 23.2 Å². The van der Waals surface area contributed by atoms with Crippen LogP contribution in [-0.4, -0.2) is 42.1 Å². The average Bonchev–Trinajstić information content (AvgIpc) is 2.71. The molecule has 2 aromatic rings. The van der Waals surface area contributed by atoms with Gasteiger partial charge in [0.25, 0.3) is 0 Å². The lowest BCUT2D eigenvalue weighted by atomic mass is 9.58. The number of phenols is 1. The number of likely N-dealkylation sites (tertiary alicyclic amines) is 1. The van der Waals surface area contributed by atoms with Crippen LogP contribution < -0.4 is 5.32 Å². The van der Waals surface area contributed by atoms with Gasteiger partial charge in [0.1, 0.15) is 5.75 Å². The Labute approximate surface area is 188 Å². The van der Waals surface area contributed by atoms with Crippen molar-refractivity contribution in [2.75, 3.05) is 20.1 Å². The first kappa shape index (κ1) is 21.5. The Morgan fingerprint density at radius 1 is 1.20 bits per heavy atom. The lowest BCUT2D eigenvalue weighted by molar-refractivity contribution is -0.121. The van der Waals surface area contributed by atoms with E-state index < -0.39 is 0 Å². The molecular formula is C24H28Cl2N2O2. The third kappa shape index (κ3) is 4.46. The molecular weight excluding hydrogens is 419 g/mol. The Hall–Kier alpha value is -1.75. The van der Waals surface area contributed by atoms with Gasteiger partial charge in [-0.2, -0.15) is 0 Å². The summed E-state index contributed by atoms with van der Waals surface area (Å²) in [5, 5.41) is 14.3. The number of amides is 1. The summed E-state index contributed by atoms with van der Waals surface area (Å²) in [7, 11) is 2.18. The highest BCUT2D eigenvalue weighted by Gasteiger charge is 2.47. The summed E-state index contributed by atoms with van der Waals surface area (Å²) < 4.78 is 0. The normalized spacial score (nSPS) is 26.8. The van der Waals surface area contributed by atoms with Gasteiger partial charge in [-0.1, -0.05) is 41.4 Å². The SMILES string of the molecule is CN1CCC2(c3cccc(O)c3)C[C@@H](NC(=O)Cc3ccc(Cl)c(Cl)c3)CCC2C1. The van der Waals surface area contributed by atoms with E-state index in [1.54, 1.807) is 18.2 Å². The summed E-state index contributed by atoms with van der Waals surface area (Å²) in [5.41, 5.74) is 2.05. The Bertz CT molecular complexity index is 935. The molecule has 1 saturated heterocycles. The lowest BCUT2D eigenvalue weighted by Crippen LogP contribution is -2.55. The van der Waals surface area contributed by atoms with Crippen LogP contribution in [0.25, 0.3) is 0 Å². The minimum atomic E-state index is -0.00890. The van der Waals surface area contributed by atoms with Gasteiger partial charge < -0.3 is 15.3 Å². The van der Waals surface area contributed by atoms with E-state index in [-0.39, 0.29) is 17.4 Å². The number of carbonyl (C=O) groups excluding carboxylic acids is 1. The van der Waals surface area contributed by atoms with Crippen molar-refractivity contribution in [3.05, 3.63) is 63.6 Å². The number of hydrogen-bond donors (Lipinski definition) is 2. The molecule has 0 bridgehead atoms. The maximum absolute atomic E-state index is 12.7. The number of fused-ring (bicyclic) bond motifs is 1. The number of nitrogens with zero attached hydrogens (tertiary/aromatic N) is 1. The minimum Gasteiger partial charge on any atom is -0.508 e. The predicted molar refractivity (Wildman–Crippen MR) is 121 cm³/mol. The number of piperidine rings is 1. The summed E-state index contributed by atoms with van der Waals surface area (Å²) >= 11 is 12.1. The van der Waals surface area contributed by atoms with Crippen LogP contribution in [0.15, 0.2) is 42.5 Å². The Morgan fingerprint density at radius 3 is 2.80 bits per heavy atom. The van der Waals surface area contributed by atoms with Crippen molar-refractivity contribution in [2.45, 2.75) is 43.6 Å². The van der Waals surface area contributed by atoms with Gasteiger partial charge in [0.2, 0.25) is 5.91 Å². The number of nitrogens with one attached hydrogen (secondary N) is 1. The summed E-state index contributed by atoms with van der Waals surface area (Å²) in [5.74, 6) is 0.849. The zero-order chi connectivity index (χ0) is 21.3. The Morgan fingerprint density at radius 2 is 2.03 bits per heavy atom. The summed E-state index contributed by atoms with van der Waals surface area (Å²) in [6.07, 6.45) is 4.28. The second-order valence-corrected chi connectivity index (χ2v) is 9.70. The van der Waals surface area contributed by atoms with Crippen molar-refractivity contribution >= 4 is 29.1 Å². The lowest BCUT2D eigenvalue weighted by Gasteiger charge is -2.52. The number of rotatable bonds is 4. The number of phenolic OH excluding ortho intramolecular Hbond substituents is 1. The zero-order valence-electron chi connectivity index (χ0n) is 17.2. The number of halogens is 2. The van der Waals surface area contributed by atoms with Gasteiger partial charge in [-0.15, -0.1) is 0 Å². The summed E-state index contributed by atoms with van der Waals surface area (Å²) in [4.78, 5) is 15.1. The highest BCUT2D eigenvalue weighted by atomic mass is 35.5. The first-order valence-electron chi connectivity index (χ1n) is 10.6. The van der Waals surface area contributed by atoms with Crippen LogP contribution in [0.5, 0.6) is 5.75 Å². The molecule has 2 aliphatic rings. The molecule has 160 valence electrons. The molecule has 3 atom stereocenters. The maximum atomic E-state index is 12.7. The van der Waals surface area contributed by atoms with Crippen molar-refractivity contribution in [3.8, 4) is 5.75 Å². The van der Waals surface area contributed by atoms with E-state index in [2.05, 4.69) is 23.3 Å². The molecule has 2 aromatic carbocycles. The van der Waals surface area contributed by atoms with Crippen LogP contribution in [-0.2, 0) is 16.6 Å². The monoisotopic (exact) mass is 446 g/mol. The van der Waals surface area contributed by atoms with Gasteiger partial charge in [-0.3, -0.25) is 4.79 Å². The molecule has 1 amide bonds. The van der Waals surface area contributed by atoms with E-state index in [4.69, 9.17) is 23.2 Å². The van der Waals surface area contributed by atoms with Crippen LogP contribution in [0.1, 0.15) is 36.8 Å². The molecule has 1 heterocycles. The molecule has 4 nitrogen and oxygen atoms in total. The van der Waals surface area contributed by atoms with Crippen molar-refractivity contribution in [3.63, 3.8) is 0 Å². The topological polar surface area (TPSA) is 52.6 Å². The fourth-order valence-electron chi connectivity index (χ4n) is 5.37. The summed E-state index contributed by atoms with van der Waals surface area (Å²) in [6.45, 7) is 2.08. The van der Waals surface area contributed by atoms with Crippen molar-refractivity contribution in [2.24, 2.45) is 5.92 Å². The molecule has 30 heavy (non-hydrogen) atoms. The number of hydrogen-bond acceptors (Lipinski definition) is 3. The third-order valence-electron chi connectivity index (χ3n) is 6.86. The van der Waals surface area contributed by atoms with Gasteiger partial charge >= 0.3 is 0 Å². The van der Waals surface area contributed by atoms with Gasteiger partial charge in [-0.25, -0.2) is 0 Å². The number of carbonyl (C=O) groups is 1. The molecule has 0 radical (unpaired) electrons. The highest BCUT2D eigenvalue weighted by Crippen LogP contribution is 2.49. The van der Waals surface area contributed by atoms with Crippen LogP contribution in [0, 0.1) is 5.92 Å². The minimum absolute atomic E-state index is 0.00890. The molecule has 1 aliphatic heterocycles. The van der Waals surface area contributed by atoms with Crippen LogP contribution in [0.2, 0.25) is 10.0 Å². The summed E-state index contributed by atoms with van der Waals surface area (Å²) in [6, 6.07) is 13.2. The van der Waals surface area contributed by atoms with Crippen molar-refractivity contribution in [1.82, 2.24) is 10.2 Å². The molecule has 1 saturated carbocycles. The third-order valence-corrected chi connectivity index (χ3v) is 7.60. The average molecular weight is 447 g/mol. The standard InChI is InChI=1S/C24H28Cl2N2O2/c1-28-10-9-24(17-3-2-4-20(29)13-17)14-19(7-6-18(24)15-28)27-23(30)12-16-5-8-21(25)22(26)11-16/h2-5,8,11,13,18-19,29H,6-7,9-10,12,14-15H2,1H3,(H,27,30)/t18?,19-,24?/m0/s1. The van der Waals surface area contributed by atoms with Gasteiger partial charge in [-0.05, 0) is 80.6 Å². The van der Waals surface area contributed by atoms with E-state index >= 15 is 0 Å². The smallest absolute Gasteiger partial charge is 0.224 e. The van der Waals surface area contributed by atoms with Crippen LogP contribution in [0.4, 0.5) is 0 Å². The number of aromatic hydroxyl groups is 1. The second-order valence-electron chi connectivity index (χ2n) is 8.89. The Balaban J connectivity index is 1.50. The number of benzene rings is 2. The fourth-order valence-corrected chi connectivity index (χ4v) is 5.69. The molecule has 4 rings (SSSR count). The van der Waals surface area contributed by atoms with Crippen LogP contribution in [0.3, 0.4) is 0 Å². The van der Waals surface area contributed by atoms with Crippen molar-refractivity contribution in [1.29, 1.82) is 0 Å². The first-order chi connectivity index (χ1) is 14.4. The van der Waals surface area contributed by atoms with E-state index in [9.17, 15) is 9.90 Å². The largest absolute Gasteiger partial charge is 0.508 e. The zero-order valence-corrected chi connectivity index (χ0v) is 18.7. The van der Waals surface area contributed by atoms with E-state index in [1.807, 2.05) is 18.2 Å². The van der Waals surface area contributed by atoms with E-state index in [1.165, 1.54) is 5.56 Å². The van der Waals surface area contributed by atoms with Crippen molar-refractivity contribution < 1.29 is 9.90 Å². The van der Waals surface area contributed by atoms with E-state index in [0.29, 0.717) is 28.1 Å². The maximum Gasteiger partial charge on any atom is 0.224 e. The molecule has 0 spiro atoms. The molecule has 6 heteroatoms. The Kier molecular flexibility index (Phi) is 6.29. The molecule has 0 aromatic heterocycles. The highest BCUT2D eigenvalue weighted by molar-refractivity contribution is 6.42. The first-order valence-corrected chi connectivity index (χ1v) is 11.3. The predicted octanol–water partition coefficient (Wildman–Crippen LogP) is 4.80. The van der Waals surface area contributed by atoms with Gasteiger partial charge in [0.15, 0.2) is 0 Å². The quantitative estimate of drug-likeness (QED) is 0.708. The molecule has 1 aliphatic carbocycles. The molecule has 2 unspecified atom stereocenters. The molecule has 2 N–H and O–H groups in total. The fraction of sp³-hybridized carbons (Fsp3) is 0.458.